The van der Waals surface area contributed by atoms with E-state index in [1.54, 1.807) is 0 Å². The van der Waals surface area contributed by atoms with Gasteiger partial charge in [0.05, 0.1) is 12.1 Å². The van der Waals surface area contributed by atoms with Crippen molar-refractivity contribution in [1.82, 2.24) is 5.32 Å². The van der Waals surface area contributed by atoms with Gasteiger partial charge in [-0.15, -0.1) is 0 Å². The van der Waals surface area contributed by atoms with Crippen molar-refractivity contribution in [3.63, 3.8) is 0 Å². The Balaban J connectivity index is 3.13. The summed E-state index contributed by atoms with van der Waals surface area (Å²) in [7, 11) is 0. The van der Waals surface area contributed by atoms with Crippen molar-refractivity contribution >= 4 is 5.91 Å². The average molecular weight is 244 g/mol. The number of hydrogen-bond donors (Lipinski definition) is 2. The summed E-state index contributed by atoms with van der Waals surface area (Å²) in [5.74, 6) is 5.61. The third-order valence-corrected chi connectivity index (χ3v) is 2.23. The average Bonchev–Trinajstić information content (AvgIpc) is 2.25. The molecule has 0 aromatic heterocycles. The summed E-state index contributed by atoms with van der Waals surface area (Å²) >= 11 is 0. The molecule has 0 radical (unpaired) electrons. The summed E-state index contributed by atoms with van der Waals surface area (Å²) in [6.45, 7) is 8.09. The van der Waals surface area contributed by atoms with Crippen molar-refractivity contribution in [1.29, 1.82) is 0 Å². The standard InChI is InChI=1S/C15H20N2O/c1-11-7-8-12(6-5-9-16)13(10-11)14(18)17-15(2,3)4/h7-8,10H,9,16H2,1-4H3,(H,17,18). The number of nitrogens with two attached hydrogens (primary N) is 1. The molecule has 18 heavy (non-hydrogen) atoms. The van der Waals surface area contributed by atoms with Gasteiger partial charge in [-0.3, -0.25) is 4.79 Å². The predicted molar refractivity (Wildman–Crippen MR) is 74.3 cm³/mol. The van der Waals surface area contributed by atoms with Crippen LogP contribution in [-0.4, -0.2) is 18.0 Å². The lowest BCUT2D eigenvalue weighted by atomic mass is 10.0. The molecule has 1 aromatic carbocycles. The Morgan fingerprint density at radius 2 is 2.06 bits per heavy atom. The number of amides is 1. The SMILES string of the molecule is Cc1ccc(C#CCN)c(C(=O)NC(C)(C)C)c1. The van der Waals surface area contributed by atoms with Gasteiger partial charge in [0.2, 0.25) is 0 Å². The van der Waals surface area contributed by atoms with Gasteiger partial charge < -0.3 is 11.1 Å². The molecule has 3 heteroatoms. The Hall–Kier alpha value is -1.79. The second-order valence-corrected chi connectivity index (χ2v) is 5.26. The first-order valence-electron chi connectivity index (χ1n) is 5.95. The summed E-state index contributed by atoms with van der Waals surface area (Å²) in [5.41, 5.74) is 7.45. The van der Waals surface area contributed by atoms with Gasteiger partial charge in [0.15, 0.2) is 0 Å². The number of nitrogens with one attached hydrogen (secondary N) is 1. The van der Waals surface area contributed by atoms with E-state index in [1.807, 2.05) is 45.9 Å². The van der Waals surface area contributed by atoms with Crippen LogP contribution in [-0.2, 0) is 0 Å². The van der Waals surface area contributed by atoms with E-state index in [0.29, 0.717) is 11.1 Å². The number of carbonyl (C=O) groups excluding carboxylic acids is 1. The second-order valence-electron chi connectivity index (χ2n) is 5.26. The maximum atomic E-state index is 12.2. The lowest BCUT2D eigenvalue weighted by Crippen LogP contribution is -2.40. The smallest absolute Gasteiger partial charge is 0.252 e. The van der Waals surface area contributed by atoms with Crippen LogP contribution in [0.1, 0.15) is 42.3 Å². The quantitative estimate of drug-likeness (QED) is 0.741. The van der Waals surface area contributed by atoms with Gasteiger partial charge in [0.1, 0.15) is 0 Å². The van der Waals surface area contributed by atoms with Gasteiger partial charge in [0, 0.05) is 11.1 Å². The van der Waals surface area contributed by atoms with Gasteiger partial charge in [-0.05, 0) is 39.8 Å². The first kappa shape index (κ1) is 14.3. The zero-order valence-corrected chi connectivity index (χ0v) is 11.4. The zero-order chi connectivity index (χ0) is 13.8. The molecule has 3 N–H and O–H groups in total. The van der Waals surface area contributed by atoms with E-state index in [1.165, 1.54) is 0 Å². The van der Waals surface area contributed by atoms with E-state index >= 15 is 0 Å². The van der Waals surface area contributed by atoms with Crippen molar-refractivity contribution in [3.8, 4) is 11.8 Å². The molecule has 1 amide bonds. The largest absolute Gasteiger partial charge is 0.347 e. The first-order valence-corrected chi connectivity index (χ1v) is 5.95. The molecule has 0 aliphatic rings. The number of carbonyl (C=O) groups is 1. The molecule has 0 saturated carbocycles. The highest BCUT2D eigenvalue weighted by Crippen LogP contribution is 2.12. The Morgan fingerprint density at radius 3 is 2.61 bits per heavy atom. The number of hydrogen-bond acceptors (Lipinski definition) is 2. The molecule has 0 spiro atoms. The van der Waals surface area contributed by atoms with Crippen LogP contribution in [0.3, 0.4) is 0 Å². The van der Waals surface area contributed by atoms with E-state index in [2.05, 4.69) is 17.2 Å². The van der Waals surface area contributed by atoms with Crippen molar-refractivity contribution in [2.45, 2.75) is 33.2 Å². The van der Waals surface area contributed by atoms with E-state index in [9.17, 15) is 4.79 Å². The Kier molecular flexibility index (Phi) is 4.52. The maximum Gasteiger partial charge on any atom is 0.252 e. The molecule has 1 aromatic rings. The molecular weight excluding hydrogens is 224 g/mol. The Morgan fingerprint density at radius 1 is 1.39 bits per heavy atom. The summed E-state index contributed by atoms with van der Waals surface area (Å²) in [4.78, 5) is 12.2. The fourth-order valence-corrected chi connectivity index (χ4v) is 1.51. The molecule has 0 bridgehead atoms. The van der Waals surface area contributed by atoms with Gasteiger partial charge in [-0.25, -0.2) is 0 Å². The predicted octanol–water partition coefficient (Wildman–Crippen LogP) is 1.83. The van der Waals surface area contributed by atoms with Crippen LogP contribution in [0.4, 0.5) is 0 Å². The molecule has 96 valence electrons. The molecule has 0 unspecified atom stereocenters. The molecular formula is C15H20N2O. The highest BCUT2D eigenvalue weighted by atomic mass is 16.1. The van der Waals surface area contributed by atoms with E-state index < -0.39 is 0 Å². The van der Waals surface area contributed by atoms with Crippen molar-refractivity contribution in [3.05, 3.63) is 34.9 Å². The van der Waals surface area contributed by atoms with Gasteiger partial charge in [-0.1, -0.05) is 23.5 Å². The fourth-order valence-electron chi connectivity index (χ4n) is 1.51. The third-order valence-electron chi connectivity index (χ3n) is 2.23. The molecule has 0 aliphatic carbocycles. The Bertz CT molecular complexity index is 501. The monoisotopic (exact) mass is 244 g/mol. The number of aryl methyl sites for hydroxylation is 1. The molecule has 0 atom stereocenters. The van der Waals surface area contributed by atoms with E-state index in [-0.39, 0.29) is 18.0 Å². The normalized spacial score (nSPS) is 10.5. The minimum absolute atomic E-state index is 0.104. The first-order chi connectivity index (χ1) is 8.33. The lowest BCUT2D eigenvalue weighted by molar-refractivity contribution is 0.0919. The fraction of sp³-hybridized carbons (Fsp3) is 0.400. The minimum atomic E-state index is -0.264. The van der Waals surface area contributed by atoms with Crippen LogP contribution < -0.4 is 11.1 Å². The highest BCUT2D eigenvalue weighted by molar-refractivity contribution is 5.97. The molecule has 0 saturated heterocycles. The molecule has 3 nitrogen and oxygen atoms in total. The van der Waals surface area contributed by atoms with E-state index in [4.69, 9.17) is 5.73 Å². The maximum absolute atomic E-state index is 12.2. The number of benzene rings is 1. The van der Waals surface area contributed by atoms with Crippen molar-refractivity contribution in [2.24, 2.45) is 5.73 Å². The zero-order valence-electron chi connectivity index (χ0n) is 11.4. The Labute approximate surface area is 109 Å². The van der Waals surface area contributed by atoms with Crippen LogP contribution in [0.25, 0.3) is 0 Å². The topological polar surface area (TPSA) is 55.1 Å². The van der Waals surface area contributed by atoms with Crippen LogP contribution in [0, 0.1) is 18.8 Å². The van der Waals surface area contributed by atoms with Crippen LogP contribution in [0.5, 0.6) is 0 Å². The minimum Gasteiger partial charge on any atom is -0.347 e. The summed E-state index contributed by atoms with van der Waals surface area (Å²) in [6, 6.07) is 5.64. The molecule has 0 fully saturated rings. The summed E-state index contributed by atoms with van der Waals surface area (Å²) in [5, 5.41) is 2.94. The van der Waals surface area contributed by atoms with Crippen molar-refractivity contribution < 1.29 is 4.79 Å². The second kappa shape index (κ2) is 5.70. The lowest BCUT2D eigenvalue weighted by Gasteiger charge is -2.21. The molecule has 1 rings (SSSR count). The van der Waals surface area contributed by atoms with Crippen LogP contribution in [0.2, 0.25) is 0 Å². The van der Waals surface area contributed by atoms with Gasteiger partial charge in [0.25, 0.3) is 5.91 Å². The molecule has 0 heterocycles. The van der Waals surface area contributed by atoms with Gasteiger partial charge >= 0.3 is 0 Å². The molecule has 0 aliphatic heterocycles. The summed E-state index contributed by atoms with van der Waals surface area (Å²) < 4.78 is 0. The van der Waals surface area contributed by atoms with Crippen LogP contribution in [0.15, 0.2) is 18.2 Å². The summed E-state index contributed by atoms with van der Waals surface area (Å²) in [6.07, 6.45) is 0. The van der Waals surface area contributed by atoms with E-state index in [0.717, 1.165) is 5.56 Å². The third kappa shape index (κ3) is 4.23. The van der Waals surface area contributed by atoms with Gasteiger partial charge in [-0.2, -0.15) is 0 Å². The number of rotatable bonds is 1. The highest BCUT2D eigenvalue weighted by Gasteiger charge is 2.17. The van der Waals surface area contributed by atoms with Crippen molar-refractivity contribution in [2.75, 3.05) is 6.54 Å². The van der Waals surface area contributed by atoms with Crippen LogP contribution >= 0.6 is 0 Å².